The highest BCUT2D eigenvalue weighted by atomic mass is 16.3. The summed E-state index contributed by atoms with van der Waals surface area (Å²) in [5.74, 6) is 0.593. The van der Waals surface area contributed by atoms with Crippen LogP contribution in [0.15, 0.2) is 59.5 Å². The number of pyridine rings is 1. The van der Waals surface area contributed by atoms with E-state index in [1.807, 2.05) is 30.3 Å². The minimum absolute atomic E-state index is 0.463. The highest BCUT2D eigenvalue weighted by molar-refractivity contribution is 5.99. The highest BCUT2D eigenvalue weighted by Crippen LogP contribution is 2.28. The summed E-state index contributed by atoms with van der Waals surface area (Å²) < 4.78 is 5.62. The number of fused-ring (bicyclic) bond motifs is 4. The number of rotatable bonds is 1. The average Bonchev–Trinajstić information content (AvgIpc) is 2.99. The van der Waals surface area contributed by atoms with Crippen molar-refractivity contribution in [3.8, 4) is 11.4 Å². The minimum Gasteiger partial charge on any atom is -0.433 e. The molecule has 0 unspecified atom stereocenters. The lowest BCUT2D eigenvalue weighted by Crippen LogP contribution is -1.91. The molecule has 5 aromatic rings. The Balaban J connectivity index is 1.84. The van der Waals surface area contributed by atoms with E-state index in [4.69, 9.17) is 4.42 Å². The normalized spacial score (nSPS) is 11.5. The molecule has 4 aromatic heterocycles. The Hall–Kier alpha value is -3.41. The maximum atomic E-state index is 5.62. The molecule has 6 heteroatoms. The van der Waals surface area contributed by atoms with Gasteiger partial charge in [-0.25, -0.2) is 19.9 Å². The Morgan fingerprint density at radius 2 is 1.61 bits per heavy atom. The minimum atomic E-state index is 0.463. The molecule has 23 heavy (non-hydrogen) atoms. The first-order valence-electron chi connectivity index (χ1n) is 7.10. The topological polar surface area (TPSA) is 77.6 Å². The average molecular weight is 299 g/mol. The van der Waals surface area contributed by atoms with E-state index in [0.717, 1.165) is 16.5 Å². The number of hydrogen-bond acceptors (Lipinski definition) is 6. The molecule has 0 fully saturated rings. The highest BCUT2D eigenvalue weighted by Gasteiger charge is 2.14. The SMILES string of the molecule is c1cnc2c(-c3ncc4oc5nccnc5c4n3)cccc2c1. The molecule has 0 bridgehead atoms. The lowest BCUT2D eigenvalue weighted by atomic mass is 10.1. The van der Waals surface area contributed by atoms with Crippen molar-refractivity contribution in [3.63, 3.8) is 0 Å². The van der Waals surface area contributed by atoms with Gasteiger partial charge in [0.15, 0.2) is 16.9 Å². The number of benzene rings is 1. The first-order chi connectivity index (χ1) is 11.4. The molecule has 4 heterocycles. The van der Waals surface area contributed by atoms with Gasteiger partial charge in [-0.05, 0) is 12.1 Å². The van der Waals surface area contributed by atoms with Crippen LogP contribution in [0.3, 0.4) is 0 Å². The monoisotopic (exact) mass is 299 g/mol. The second-order valence-corrected chi connectivity index (χ2v) is 5.10. The number of hydrogen-bond donors (Lipinski definition) is 0. The fraction of sp³-hybridized carbons (Fsp3) is 0. The van der Waals surface area contributed by atoms with Crippen LogP contribution < -0.4 is 0 Å². The summed E-state index contributed by atoms with van der Waals surface area (Å²) in [6.07, 6.45) is 6.64. The zero-order valence-corrected chi connectivity index (χ0v) is 11.8. The van der Waals surface area contributed by atoms with E-state index in [1.54, 1.807) is 24.8 Å². The van der Waals surface area contributed by atoms with E-state index >= 15 is 0 Å². The summed E-state index contributed by atoms with van der Waals surface area (Å²) in [5.41, 5.74) is 4.08. The van der Waals surface area contributed by atoms with Crippen molar-refractivity contribution >= 4 is 33.2 Å². The Bertz CT molecular complexity index is 1180. The van der Waals surface area contributed by atoms with Crippen molar-refractivity contribution in [2.45, 2.75) is 0 Å². The molecule has 0 saturated carbocycles. The van der Waals surface area contributed by atoms with Gasteiger partial charge in [-0.15, -0.1) is 0 Å². The molecule has 0 saturated heterocycles. The number of aromatic nitrogens is 5. The quantitative estimate of drug-likeness (QED) is 0.472. The molecule has 0 aliphatic heterocycles. The first kappa shape index (κ1) is 12.2. The van der Waals surface area contributed by atoms with Gasteiger partial charge in [0.1, 0.15) is 5.52 Å². The summed E-state index contributed by atoms with van der Waals surface area (Å²) >= 11 is 0. The summed E-state index contributed by atoms with van der Waals surface area (Å²) in [5, 5.41) is 1.05. The third-order valence-corrected chi connectivity index (χ3v) is 3.72. The second-order valence-electron chi connectivity index (χ2n) is 5.10. The second kappa shape index (κ2) is 4.54. The predicted octanol–water partition coefficient (Wildman–Crippen LogP) is 3.38. The number of para-hydroxylation sites is 1. The van der Waals surface area contributed by atoms with E-state index in [9.17, 15) is 0 Å². The zero-order valence-electron chi connectivity index (χ0n) is 11.8. The number of furan rings is 1. The van der Waals surface area contributed by atoms with Crippen LogP contribution >= 0.6 is 0 Å². The molecule has 0 amide bonds. The Morgan fingerprint density at radius 3 is 2.61 bits per heavy atom. The van der Waals surface area contributed by atoms with Crippen LogP contribution in [-0.4, -0.2) is 24.9 Å². The van der Waals surface area contributed by atoms with Crippen LogP contribution in [0.25, 0.3) is 44.6 Å². The van der Waals surface area contributed by atoms with Crippen molar-refractivity contribution < 1.29 is 4.42 Å². The van der Waals surface area contributed by atoms with Crippen molar-refractivity contribution in [1.82, 2.24) is 24.9 Å². The van der Waals surface area contributed by atoms with Gasteiger partial charge in [0, 0.05) is 29.5 Å². The number of nitrogens with zero attached hydrogens (tertiary/aromatic N) is 5. The van der Waals surface area contributed by atoms with E-state index < -0.39 is 0 Å². The van der Waals surface area contributed by atoms with E-state index in [2.05, 4.69) is 24.9 Å². The molecule has 0 radical (unpaired) electrons. The molecule has 0 spiro atoms. The van der Waals surface area contributed by atoms with E-state index in [-0.39, 0.29) is 0 Å². The van der Waals surface area contributed by atoms with E-state index in [0.29, 0.717) is 28.2 Å². The van der Waals surface area contributed by atoms with Gasteiger partial charge in [0.2, 0.25) is 5.71 Å². The van der Waals surface area contributed by atoms with Crippen LogP contribution in [-0.2, 0) is 0 Å². The van der Waals surface area contributed by atoms with Crippen molar-refractivity contribution in [2.75, 3.05) is 0 Å². The van der Waals surface area contributed by atoms with Gasteiger partial charge in [-0.2, -0.15) is 0 Å². The molecule has 0 aliphatic rings. The van der Waals surface area contributed by atoms with Crippen LogP contribution in [0.1, 0.15) is 0 Å². The molecular formula is C17H9N5O. The fourth-order valence-corrected chi connectivity index (χ4v) is 2.70. The van der Waals surface area contributed by atoms with E-state index in [1.165, 1.54) is 0 Å². The third kappa shape index (κ3) is 1.78. The summed E-state index contributed by atoms with van der Waals surface area (Å²) in [4.78, 5) is 22.0. The van der Waals surface area contributed by atoms with Gasteiger partial charge < -0.3 is 4.42 Å². The molecule has 0 N–H and O–H groups in total. The fourth-order valence-electron chi connectivity index (χ4n) is 2.70. The Morgan fingerprint density at radius 1 is 0.739 bits per heavy atom. The van der Waals surface area contributed by atoms with Gasteiger partial charge in [0.25, 0.3) is 0 Å². The van der Waals surface area contributed by atoms with Gasteiger partial charge in [0.05, 0.1) is 11.7 Å². The molecular weight excluding hydrogens is 290 g/mol. The van der Waals surface area contributed by atoms with Crippen LogP contribution in [0.2, 0.25) is 0 Å². The first-order valence-corrected chi connectivity index (χ1v) is 7.10. The lowest BCUT2D eigenvalue weighted by Gasteiger charge is -2.03. The maximum absolute atomic E-state index is 5.62. The predicted molar refractivity (Wildman–Crippen MR) is 85.6 cm³/mol. The van der Waals surface area contributed by atoms with Crippen LogP contribution in [0.5, 0.6) is 0 Å². The standard InChI is InChI=1S/C17H9N5O/c1-3-10-4-2-6-18-13(10)11(5-1)16-21-9-12-14(22-16)15-17(23-12)20-8-7-19-15/h1-9H. The maximum Gasteiger partial charge on any atom is 0.248 e. The largest absolute Gasteiger partial charge is 0.433 e. The molecule has 0 aliphatic carbocycles. The lowest BCUT2D eigenvalue weighted by molar-refractivity contribution is 0.650. The Labute approximate surface area is 129 Å². The Kier molecular flexibility index (Phi) is 2.40. The molecule has 0 atom stereocenters. The van der Waals surface area contributed by atoms with Crippen LogP contribution in [0.4, 0.5) is 0 Å². The summed E-state index contributed by atoms with van der Waals surface area (Å²) in [7, 11) is 0. The van der Waals surface area contributed by atoms with Gasteiger partial charge >= 0.3 is 0 Å². The van der Waals surface area contributed by atoms with Crippen molar-refractivity contribution in [3.05, 3.63) is 55.1 Å². The summed E-state index contributed by atoms with van der Waals surface area (Å²) in [6.45, 7) is 0. The third-order valence-electron chi connectivity index (χ3n) is 3.72. The smallest absolute Gasteiger partial charge is 0.248 e. The molecule has 6 nitrogen and oxygen atoms in total. The molecule has 5 rings (SSSR count). The van der Waals surface area contributed by atoms with Gasteiger partial charge in [-0.1, -0.05) is 18.2 Å². The summed E-state index contributed by atoms with van der Waals surface area (Å²) in [6, 6.07) is 9.88. The van der Waals surface area contributed by atoms with Crippen molar-refractivity contribution in [1.29, 1.82) is 0 Å². The molecule has 108 valence electrons. The molecule has 1 aromatic carbocycles. The van der Waals surface area contributed by atoms with Crippen LogP contribution in [0, 0.1) is 0 Å². The van der Waals surface area contributed by atoms with Crippen molar-refractivity contribution in [2.24, 2.45) is 0 Å². The zero-order chi connectivity index (χ0) is 15.2. The van der Waals surface area contributed by atoms with Gasteiger partial charge in [-0.3, -0.25) is 4.98 Å².